The Balaban J connectivity index is 2.17. The molecule has 0 atom stereocenters. The number of carbonyl (C=O) groups is 2. The van der Waals surface area contributed by atoms with Gasteiger partial charge in [0.15, 0.2) is 0 Å². The Kier molecular flexibility index (Phi) is 4.08. The summed E-state index contributed by atoms with van der Waals surface area (Å²) in [5, 5.41) is 21.2. The fourth-order valence-corrected chi connectivity index (χ4v) is 1.88. The van der Waals surface area contributed by atoms with Crippen LogP contribution in [0.3, 0.4) is 0 Å². The Hall–Kier alpha value is -3.02. The zero-order valence-corrected chi connectivity index (χ0v) is 11.0. The molecule has 0 saturated carbocycles. The SMILES string of the molecule is Nc1ccc(NC(=O)Cc2ccccc2O)c(C(=O)O)c1. The predicted molar refractivity (Wildman–Crippen MR) is 78.3 cm³/mol. The first-order chi connectivity index (χ1) is 9.97. The first-order valence-electron chi connectivity index (χ1n) is 6.17. The molecule has 0 aliphatic heterocycles. The lowest BCUT2D eigenvalue weighted by Crippen LogP contribution is -2.17. The van der Waals surface area contributed by atoms with E-state index in [0.29, 0.717) is 11.3 Å². The summed E-state index contributed by atoms with van der Waals surface area (Å²) in [4.78, 5) is 23.1. The molecule has 2 aromatic rings. The number of hydrogen-bond acceptors (Lipinski definition) is 4. The Bertz CT molecular complexity index is 698. The molecule has 0 aromatic heterocycles. The first-order valence-corrected chi connectivity index (χ1v) is 6.17. The summed E-state index contributed by atoms with van der Waals surface area (Å²) in [6.45, 7) is 0. The lowest BCUT2D eigenvalue weighted by atomic mass is 10.1. The van der Waals surface area contributed by atoms with Crippen LogP contribution in [0.25, 0.3) is 0 Å². The highest BCUT2D eigenvalue weighted by Crippen LogP contribution is 2.21. The van der Waals surface area contributed by atoms with Crippen molar-refractivity contribution in [3.8, 4) is 5.75 Å². The number of carbonyl (C=O) groups excluding carboxylic acids is 1. The second-order valence-electron chi connectivity index (χ2n) is 4.46. The number of nitrogens with one attached hydrogen (secondary N) is 1. The van der Waals surface area contributed by atoms with Gasteiger partial charge in [-0.2, -0.15) is 0 Å². The summed E-state index contributed by atoms with van der Waals surface area (Å²) in [6.07, 6.45) is -0.0594. The monoisotopic (exact) mass is 286 g/mol. The van der Waals surface area contributed by atoms with Crippen molar-refractivity contribution in [3.05, 3.63) is 53.6 Å². The third kappa shape index (κ3) is 3.50. The number of rotatable bonds is 4. The standard InChI is InChI=1S/C15H14N2O4/c16-10-5-6-12(11(8-10)15(20)21)17-14(19)7-9-3-1-2-4-13(9)18/h1-6,8,18H,7,16H2,(H,17,19)(H,20,21). The summed E-state index contributed by atoms with van der Waals surface area (Å²) in [7, 11) is 0. The molecular weight excluding hydrogens is 272 g/mol. The number of amides is 1. The molecule has 0 bridgehead atoms. The minimum Gasteiger partial charge on any atom is -0.508 e. The Labute approximate surface area is 120 Å². The normalized spacial score (nSPS) is 10.1. The molecule has 6 heteroatoms. The number of nitrogen functional groups attached to an aromatic ring is 1. The molecule has 5 N–H and O–H groups in total. The van der Waals surface area contributed by atoms with Gasteiger partial charge in [-0.15, -0.1) is 0 Å². The van der Waals surface area contributed by atoms with Crippen LogP contribution in [0.5, 0.6) is 5.75 Å². The van der Waals surface area contributed by atoms with Gasteiger partial charge in [0.2, 0.25) is 5.91 Å². The molecule has 0 aliphatic rings. The molecule has 21 heavy (non-hydrogen) atoms. The van der Waals surface area contributed by atoms with Gasteiger partial charge < -0.3 is 21.3 Å². The molecule has 108 valence electrons. The van der Waals surface area contributed by atoms with Gasteiger partial charge in [0.25, 0.3) is 0 Å². The van der Waals surface area contributed by atoms with E-state index in [9.17, 15) is 14.7 Å². The number of phenolic OH excluding ortho intramolecular Hbond substituents is 1. The van der Waals surface area contributed by atoms with Crippen LogP contribution < -0.4 is 11.1 Å². The maximum Gasteiger partial charge on any atom is 0.337 e. The molecule has 2 rings (SSSR count). The number of carboxylic acids is 1. The number of nitrogens with two attached hydrogens (primary N) is 1. The van der Waals surface area contributed by atoms with E-state index in [1.54, 1.807) is 18.2 Å². The molecule has 0 saturated heterocycles. The second kappa shape index (κ2) is 5.96. The van der Waals surface area contributed by atoms with Crippen molar-refractivity contribution in [1.29, 1.82) is 0 Å². The number of aromatic hydroxyl groups is 1. The summed E-state index contributed by atoms with van der Waals surface area (Å²) >= 11 is 0. The largest absolute Gasteiger partial charge is 0.508 e. The van der Waals surface area contributed by atoms with Gasteiger partial charge >= 0.3 is 5.97 Å². The second-order valence-corrected chi connectivity index (χ2v) is 4.46. The third-order valence-corrected chi connectivity index (χ3v) is 2.89. The lowest BCUT2D eigenvalue weighted by Gasteiger charge is -2.10. The fourth-order valence-electron chi connectivity index (χ4n) is 1.88. The van der Waals surface area contributed by atoms with Crippen LogP contribution in [-0.4, -0.2) is 22.1 Å². The molecular formula is C15H14N2O4. The molecule has 6 nitrogen and oxygen atoms in total. The van der Waals surface area contributed by atoms with Gasteiger partial charge in [0, 0.05) is 11.3 Å². The zero-order chi connectivity index (χ0) is 15.4. The van der Waals surface area contributed by atoms with Crippen molar-refractivity contribution in [3.63, 3.8) is 0 Å². The van der Waals surface area contributed by atoms with Gasteiger partial charge in [-0.25, -0.2) is 4.79 Å². The molecule has 2 aromatic carbocycles. The highest BCUT2D eigenvalue weighted by molar-refractivity contribution is 6.01. The topological polar surface area (TPSA) is 113 Å². The Morgan fingerprint density at radius 3 is 2.52 bits per heavy atom. The van der Waals surface area contributed by atoms with Crippen molar-refractivity contribution < 1.29 is 19.8 Å². The van der Waals surface area contributed by atoms with Crippen LogP contribution in [0.4, 0.5) is 11.4 Å². The van der Waals surface area contributed by atoms with E-state index in [-0.39, 0.29) is 23.4 Å². The smallest absolute Gasteiger partial charge is 0.337 e. The van der Waals surface area contributed by atoms with Gasteiger partial charge in [-0.05, 0) is 24.3 Å². The van der Waals surface area contributed by atoms with Crippen molar-refractivity contribution in [2.75, 3.05) is 11.1 Å². The number of para-hydroxylation sites is 1. The number of aromatic carboxylic acids is 1. The van der Waals surface area contributed by atoms with Crippen molar-refractivity contribution >= 4 is 23.3 Å². The van der Waals surface area contributed by atoms with E-state index in [0.717, 1.165) is 0 Å². The number of carboxylic acid groups (broad SMARTS) is 1. The molecule has 0 spiro atoms. The number of hydrogen-bond donors (Lipinski definition) is 4. The molecule has 0 radical (unpaired) electrons. The van der Waals surface area contributed by atoms with Gasteiger partial charge in [0.05, 0.1) is 17.7 Å². The van der Waals surface area contributed by atoms with E-state index in [4.69, 9.17) is 10.8 Å². The van der Waals surface area contributed by atoms with Crippen molar-refractivity contribution in [2.45, 2.75) is 6.42 Å². The van der Waals surface area contributed by atoms with E-state index in [1.807, 2.05) is 0 Å². The van der Waals surface area contributed by atoms with E-state index in [1.165, 1.54) is 24.3 Å². The molecule has 1 amide bonds. The van der Waals surface area contributed by atoms with Crippen LogP contribution in [0.15, 0.2) is 42.5 Å². The number of anilines is 2. The van der Waals surface area contributed by atoms with Crippen LogP contribution in [-0.2, 0) is 11.2 Å². The van der Waals surface area contributed by atoms with E-state index >= 15 is 0 Å². The van der Waals surface area contributed by atoms with Gasteiger partial charge in [-0.3, -0.25) is 4.79 Å². The van der Waals surface area contributed by atoms with E-state index in [2.05, 4.69) is 5.32 Å². The minimum atomic E-state index is -1.18. The van der Waals surface area contributed by atoms with Crippen molar-refractivity contribution in [2.24, 2.45) is 0 Å². The Morgan fingerprint density at radius 2 is 1.86 bits per heavy atom. The van der Waals surface area contributed by atoms with Crippen LogP contribution in [0.1, 0.15) is 15.9 Å². The molecule has 0 fully saturated rings. The Morgan fingerprint density at radius 1 is 1.14 bits per heavy atom. The summed E-state index contributed by atoms with van der Waals surface area (Å²) in [5.74, 6) is -1.59. The highest BCUT2D eigenvalue weighted by atomic mass is 16.4. The quantitative estimate of drug-likeness (QED) is 0.641. The fraction of sp³-hybridized carbons (Fsp3) is 0.0667. The average molecular weight is 286 g/mol. The van der Waals surface area contributed by atoms with Crippen LogP contribution in [0.2, 0.25) is 0 Å². The maximum atomic E-state index is 11.9. The zero-order valence-electron chi connectivity index (χ0n) is 11.0. The first kappa shape index (κ1) is 14.4. The van der Waals surface area contributed by atoms with E-state index < -0.39 is 11.9 Å². The molecule has 0 unspecified atom stereocenters. The summed E-state index contributed by atoms with van der Waals surface area (Å²) in [5.41, 5.74) is 6.37. The van der Waals surface area contributed by atoms with Crippen molar-refractivity contribution in [1.82, 2.24) is 0 Å². The number of benzene rings is 2. The minimum absolute atomic E-state index is 0.0171. The third-order valence-electron chi connectivity index (χ3n) is 2.89. The van der Waals surface area contributed by atoms with Crippen LogP contribution in [0, 0.1) is 0 Å². The summed E-state index contributed by atoms with van der Waals surface area (Å²) < 4.78 is 0. The average Bonchev–Trinajstić information content (AvgIpc) is 2.43. The highest BCUT2D eigenvalue weighted by Gasteiger charge is 2.14. The van der Waals surface area contributed by atoms with Gasteiger partial charge in [-0.1, -0.05) is 18.2 Å². The summed E-state index contributed by atoms with van der Waals surface area (Å²) in [6, 6.07) is 10.7. The molecule has 0 aliphatic carbocycles. The lowest BCUT2D eigenvalue weighted by molar-refractivity contribution is -0.115. The van der Waals surface area contributed by atoms with Gasteiger partial charge in [0.1, 0.15) is 5.75 Å². The van der Waals surface area contributed by atoms with Crippen LogP contribution >= 0.6 is 0 Å². The molecule has 0 heterocycles. The predicted octanol–water partition coefficient (Wildman–Crippen LogP) is 1.85. The number of phenols is 1. The maximum absolute atomic E-state index is 11.9.